The zero-order chi connectivity index (χ0) is 29.5. The summed E-state index contributed by atoms with van der Waals surface area (Å²) in [4.78, 5) is 28.6. The third kappa shape index (κ3) is 7.28. The summed E-state index contributed by atoms with van der Waals surface area (Å²) in [6.45, 7) is 3.80. The van der Waals surface area contributed by atoms with Gasteiger partial charge in [0.05, 0.1) is 34.6 Å². The number of aryl methyl sites for hydroxylation is 1. The van der Waals surface area contributed by atoms with Crippen LogP contribution in [0.1, 0.15) is 61.0 Å². The van der Waals surface area contributed by atoms with Crippen molar-refractivity contribution < 1.29 is 19.4 Å². The lowest BCUT2D eigenvalue weighted by Crippen LogP contribution is -2.53. The molecule has 0 aromatic carbocycles. The first-order valence-electron chi connectivity index (χ1n) is 14.6. The van der Waals surface area contributed by atoms with Crippen molar-refractivity contribution in [2.24, 2.45) is 11.3 Å². The number of nitrogens with zero attached hydrogens (tertiary/aromatic N) is 4. The molecule has 1 saturated heterocycles. The van der Waals surface area contributed by atoms with Crippen LogP contribution in [-0.4, -0.2) is 74.9 Å². The Labute approximate surface area is 254 Å². The summed E-state index contributed by atoms with van der Waals surface area (Å²) in [7, 11) is 0. The topological polar surface area (TPSA) is 124 Å². The Bertz CT molecular complexity index is 1340. The molecule has 1 aliphatic heterocycles. The number of carbonyl (C=O) groups excluding carboxylic acids is 1. The quantitative estimate of drug-likeness (QED) is 0.236. The summed E-state index contributed by atoms with van der Waals surface area (Å²) in [5.74, 6) is 0.0272. The Morgan fingerprint density at radius 2 is 1.88 bits per heavy atom. The fourth-order valence-electron chi connectivity index (χ4n) is 6.26. The standard InChI is InChI=1S/C30H39FN6O3S2/c1-20-7-11-32-24(15-20)36-29-34-16-25(42-29)41-23-8-12-33-27(26(23)31)28(40)35-19-30(21-5-3-2-4-6-21)9-13-37(14-10-30)22(17-38)18-39/h7-8,11-12,15-16,21-22,38-39H,2-6,9-10,13-14,17-19H2,1H3,(H,35,40)(H,32,34,36). The van der Waals surface area contributed by atoms with Gasteiger partial charge in [-0.05, 0) is 80.8 Å². The fourth-order valence-corrected chi connectivity index (χ4v) is 8.12. The zero-order valence-electron chi connectivity index (χ0n) is 23.9. The Morgan fingerprint density at radius 3 is 2.60 bits per heavy atom. The van der Waals surface area contributed by atoms with Gasteiger partial charge in [-0.2, -0.15) is 0 Å². The number of piperidine rings is 1. The molecule has 12 heteroatoms. The van der Waals surface area contributed by atoms with Crippen LogP contribution in [0.25, 0.3) is 0 Å². The van der Waals surface area contributed by atoms with Crippen molar-refractivity contribution in [1.82, 2.24) is 25.2 Å². The molecule has 0 bridgehead atoms. The number of amides is 1. The van der Waals surface area contributed by atoms with Crippen molar-refractivity contribution in [2.45, 2.75) is 67.0 Å². The third-order valence-electron chi connectivity index (χ3n) is 8.72. The number of carbonyl (C=O) groups is 1. The number of pyridine rings is 2. The largest absolute Gasteiger partial charge is 0.395 e. The van der Waals surface area contributed by atoms with Gasteiger partial charge in [0.1, 0.15) is 5.82 Å². The average molecular weight is 615 g/mol. The van der Waals surface area contributed by atoms with Crippen LogP contribution in [0.4, 0.5) is 15.3 Å². The number of hydrogen-bond donors (Lipinski definition) is 4. The number of thiazole rings is 1. The normalized spacial score (nSPS) is 17.8. The summed E-state index contributed by atoms with van der Waals surface area (Å²) in [6.07, 6.45) is 12.5. The molecule has 42 heavy (non-hydrogen) atoms. The number of aliphatic hydroxyl groups excluding tert-OH is 2. The zero-order valence-corrected chi connectivity index (χ0v) is 25.5. The van der Waals surface area contributed by atoms with Gasteiger partial charge in [-0.15, -0.1) is 0 Å². The maximum absolute atomic E-state index is 15.6. The molecule has 3 aromatic rings. The minimum absolute atomic E-state index is 0.0771. The van der Waals surface area contributed by atoms with E-state index in [1.54, 1.807) is 18.5 Å². The monoisotopic (exact) mass is 614 g/mol. The van der Waals surface area contributed by atoms with Gasteiger partial charge >= 0.3 is 0 Å². The van der Waals surface area contributed by atoms with Crippen molar-refractivity contribution in [3.8, 4) is 0 Å². The maximum Gasteiger partial charge on any atom is 0.272 e. The second-order valence-electron chi connectivity index (χ2n) is 11.3. The highest BCUT2D eigenvalue weighted by Gasteiger charge is 2.43. The molecule has 9 nitrogen and oxygen atoms in total. The van der Waals surface area contributed by atoms with Gasteiger partial charge in [-0.1, -0.05) is 42.4 Å². The number of halogens is 1. The number of anilines is 2. The molecule has 2 fully saturated rings. The second kappa shape index (κ2) is 14.2. The molecular weight excluding hydrogens is 576 g/mol. The molecule has 0 unspecified atom stereocenters. The summed E-state index contributed by atoms with van der Waals surface area (Å²) in [6, 6.07) is 5.15. The van der Waals surface area contributed by atoms with Crippen molar-refractivity contribution in [1.29, 1.82) is 0 Å². The highest BCUT2D eigenvalue weighted by molar-refractivity contribution is 8.01. The predicted molar refractivity (Wildman–Crippen MR) is 163 cm³/mol. The molecule has 4 heterocycles. The summed E-state index contributed by atoms with van der Waals surface area (Å²) >= 11 is 2.59. The summed E-state index contributed by atoms with van der Waals surface area (Å²) in [5, 5.41) is 26.2. The number of hydrogen-bond acceptors (Lipinski definition) is 10. The van der Waals surface area contributed by atoms with Crippen LogP contribution in [0, 0.1) is 24.1 Å². The van der Waals surface area contributed by atoms with Crippen LogP contribution in [0.3, 0.4) is 0 Å². The highest BCUT2D eigenvalue weighted by atomic mass is 32.2. The summed E-state index contributed by atoms with van der Waals surface area (Å²) < 4.78 is 16.4. The van der Waals surface area contributed by atoms with Gasteiger partial charge in [-0.25, -0.2) is 19.3 Å². The van der Waals surface area contributed by atoms with Crippen LogP contribution in [0.2, 0.25) is 0 Å². The van der Waals surface area contributed by atoms with Gasteiger partial charge in [0.2, 0.25) is 0 Å². The second-order valence-corrected chi connectivity index (χ2v) is 13.7. The Kier molecular flexibility index (Phi) is 10.4. The molecule has 0 spiro atoms. The Balaban J connectivity index is 1.25. The van der Waals surface area contributed by atoms with Gasteiger partial charge in [0.15, 0.2) is 16.6 Å². The molecule has 226 valence electrons. The average Bonchev–Trinajstić information content (AvgIpc) is 3.45. The molecule has 4 N–H and O–H groups in total. The molecule has 0 radical (unpaired) electrons. The van der Waals surface area contributed by atoms with Gasteiger partial charge in [-0.3, -0.25) is 9.69 Å². The number of likely N-dealkylation sites (tertiary alicyclic amines) is 1. The van der Waals surface area contributed by atoms with Crippen LogP contribution in [0.15, 0.2) is 45.9 Å². The van der Waals surface area contributed by atoms with Crippen LogP contribution >= 0.6 is 23.1 Å². The van der Waals surface area contributed by atoms with Crippen molar-refractivity contribution >= 4 is 40.0 Å². The molecule has 1 saturated carbocycles. The van der Waals surface area contributed by atoms with Crippen molar-refractivity contribution in [2.75, 3.05) is 38.2 Å². The first-order valence-corrected chi connectivity index (χ1v) is 16.3. The van der Waals surface area contributed by atoms with Crippen LogP contribution < -0.4 is 10.6 Å². The first-order chi connectivity index (χ1) is 20.4. The minimum atomic E-state index is -0.640. The van der Waals surface area contributed by atoms with Gasteiger partial charge in [0, 0.05) is 18.9 Å². The van der Waals surface area contributed by atoms with E-state index in [4.69, 9.17) is 0 Å². The minimum Gasteiger partial charge on any atom is -0.395 e. The van der Waals surface area contributed by atoms with E-state index in [9.17, 15) is 15.0 Å². The van der Waals surface area contributed by atoms with E-state index in [-0.39, 0.29) is 30.4 Å². The van der Waals surface area contributed by atoms with Gasteiger partial charge < -0.3 is 20.8 Å². The first kappa shape index (κ1) is 30.8. The van der Waals surface area contributed by atoms with Crippen molar-refractivity contribution in [3.63, 3.8) is 0 Å². The lowest BCUT2D eigenvalue weighted by molar-refractivity contribution is -0.00961. The molecule has 0 atom stereocenters. The molecule has 1 amide bonds. The van der Waals surface area contributed by atoms with E-state index in [2.05, 4.69) is 30.5 Å². The SMILES string of the molecule is Cc1ccnc(Nc2ncc(Sc3ccnc(C(=O)NCC4(C5CCCCC5)CCN(C(CO)CO)CC4)c3F)s2)c1. The highest BCUT2D eigenvalue weighted by Crippen LogP contribution is 2.46. The maximum atomic E-state index is 15.6. The Morgan fingerprint density at radius 1 is 1.14 bits per heavy atom. The third-order valence-corrected chi connectivity index (χ3v) is 10.8. The lowest BCUT2D eigenvalue weighted by atomic mass is 9.63. The van der Waals surface area contributed by atoms with Gasteiger partial charge in [0.25, 0.3) is 5.91 Å². The fraction of sp³-hybridized carbons (Fsp3) is 0.533. The number of aromatic nitrogens is 3. The summed E-state index contributed by atoms with van der Waals surface area (Å²) in [5.41, 5.74) is 0.780. The van der Waals surface area contributed by atoms with E-state index < -0.39 is 11.7 Å². The Hall–Kier alpha value is -2.64. The molecule has 5 rings (SSSR count). The van der Waals surface area contributed by atoms with E-state index in [0.717, 1.165) is 48.5 Å². The predicted octanol–water partition coefficient (Wildman–Crippen LogP) is 5.02. The number of aliphatic hydroxyl groups is 2. The van der Waals surface area contributed by atoms with Crippen LogP contribution in [-0.2, 0) is 0 Å². The molecule has 1 aliphatic carbocycles. The van der Waals surface area contributed by atoms with E-state index in [1.165, 1.54) is 48.6 Å². The van der Waals surface area contributed by atoms with E-state index >= 15 is 4.39 Å². The smallest absolute Gasteiger partial charge is 0.272 e. The molecule has 2 aliphatic rings. The number of nitrogens with one attached hydrogen (secondary N) is 2. The van der Waals surface area contributed by atoms with E-state index in [0.29, 0.717) is 28.3 Å². The lowest BCUT2D eigenvalue weighted by Gasteiger charge is -2.49. The molecular formula is C30H39FN6O3S2. The van der Waals surface area contributed by atoms with E-state index in [1.807, 2.05) is 19.1 Å². The number of rotatable bonds is 11. The van der Waals surface area contributed by atoms with Crippen molar-refractivity contribution in [3.05, 3.63) is 53.9 Å². The van der Waals surface area contributed by atoms with Crippen LogP contribution in [0.5, 0.6) is 0 Å². The molecule has 3 aromatic heterocycles.